The van der Waals surface area contributed by atoms with Gasteiger partial charge in [-0.1, -0.05) is 18.2 Å². The van der Waals surface area contributed by atoms with Gasteiger partial charge in [0.25, 0.3) is 0 Å². The maximum Gasteiger partial charge on any atom is 0.234 e. The molecule has 0 atom stereocenters. The number of aliphatic hydroxyl groups is 1. The second kappa shape index (κ2) is 7.53. The van der Waals surface area contributed by atoms with E-state index in [-0.39, 0.29) is 12.5 Å². The van der Waals surface area contributed by atoms with Crippen LogP contribution in [0.3, 0.4) is 0 Å². The second-order valence-electron chi connectivity index (χ2n) is 4.75. The van der Waals surface area contributed by atoms with Crippen LogP contribution in [-0.2, 0) is 4.79 Å². The fourth-order valence-corrected chi connectivity index (χ4v) is 2.85. The van der Waals surface area contributed by atoms with Crippen LogP contribution < -0.4 is 5.32 Å². The van der Waals surface area contributed by atoms with Crippen molar-refractivity contribution in [1.82, 2.24) is 10.2 Å². The number of nitrogens with one attached hydrogen (secondary N) is 1. The fraction of sp³-hybridized carbons (Fsp3) is 0.500. The Morgan fingerprint density at radius 3 is 2.79 bits per heavy atom. The average molecular weight is 280 g/mol. The molecule has 1 amide bonds. The van der Waals surface area contributed by atoms with Gasteiger partial charge >= 0.3 is 0 Å². The smallest absolute Gasteiger partial charge is 0.234 e. The van der Waals surface area contributed by atoms with Crippen molar-refractivity contribution in [2.24, 2.45) is 5.92 Å². The fourth-order valence-electron chi connectivity index (χ4n) is 2.06. The Kier molecular flexibility index (Phi) is 5.69. The molecule has 0 saturated carbocycles. The van der Waals surface area contributed by atoms with Gasteiger partial charge < -0.3 is 10.4 Å². The van der Waals surface area contributed by atoms with Gasteiger partial charge in [0.1, 0.15) is 0 Å². The van der Waals surface area contributed by atoms with E-state index in [1.54, 1.807) is 11.8 Å². The van der Waals surface area contributed by atoms with Crippen LogP contribution in [0.4, 0.5) is 0 Å². The molecule has 19 heavy (non-hydrogen) atoms. The van der Waals surface area contributed by atoms with Crippen molar-refractivity contribution in [2.45, 2.75) is 4.90 Å². The molecular weight excluding hydrogens is 260 g/mol. The number of carbonyl (C=O) groups is 1. The molecule has 0 bridgehead atoms. The second-order valence-corrected chi connectivity index (χ2v) is 5.92. The summed E-state index contributed by atoms with van der Waals surface area (Å²) in [7, 11) is 0. The minimum absolute atomic E-state index is 0.0741. The molecule has 0 radical (unpaired) electrons. The molecule has 1 aromatic carbocycles. The van der Waals surface area contributed by atoms with E-state index in [2.05, 4.69) is 22.3 Å². The van der Waals surface area contributed by atoms with Gasteiger partial charge in [-0.25, -0.2) is 0 Å². The Balaban J connectivity index is 1.52. The molecule has 1 aliphatic rings. The van der Waals surface area contributed by atoms with Gasteiger partial charge in [-0.3, -0.25) is 9.69 Å². The van der Waals surface area contributed by atoms with Gasteiger partial charge in [-0.05, 0) is 12.1 Å². The first kappa shape index (κ1) is 14.4. The van der Waals surface area contributed by atoms with Crippen molar-refractivity contribution in [1.29, 1.82) is 0 Å². The standard InChI is InChI=1S/C14H20N2O2S/c17-11-12-8-16(9-12)10-14(18)15-6-7-19-13-4-2-1-3-5-13/h1-5,12,17H,6-11H2,(H,15,18). The molecule has 2 N–H and O–H groups in total. The van der Waals surface area contributed by atoms with E-state index in [9.17, 15) is 4.79 Å². The molecule has 1 aromatic rings. The molecule has 1 heterocycles. The van der Waals surface area contributed by atoms with E-state index in [0.29, 0.717) is 19.0 Å². The Morgan fingerprint density at radius 1 is 1.37 bits per heavy atom. The molecular formula is C14H20N2O2S. The molecule has 1 aliphatic heterocycles. The first-order valence-corrected chi connectivity index (χ1v) is 7.54. The van der Waals surface area contributed by atoms with Gasteiger partial charge in [0.05, 0.1) is 6.54 Å². The molecule has 1 saturated heterocycles. The first-order valence-electron chi connectivity index (χ1n) is 6.55. The summed E-state index contributed by atoms with van der Waals surface area (Å²) in [5, 5.41) is 11.8. The maximum absolute atomic E-state index is 11.6. The molecule has 0 aromatic heterocycles. The van der Waals surface area contributed by atoms with Crippen molar-refractivity contribution in [3.63, 3.8) is 0 Å². The lowest BCUT2D eigenvalue weighted by Crippen LogP contribution is -2.52. The van der Waals surface area contributed by atoms with Crippen molar-refractivity contribution in [2.75, 3.05) is 38.5 Å². The van der Waals surface area contributed by atoms with Crippen LogP contribution in [0.2, 0.25) is 0 Å². The van der Waals surface area contributed by atoms with E-state index in [1.165, 1.54) is 4.90 Å². The number of amides is 1. The van der Waals surface area contributed by atoms with Gasteiger partial charge in [-0.15, -0.1) is 11.8 Å². The lowest BCUT2D eigenvalue weighted by molar-refractivity contribution is -0.124. The lowest BCUT2D eigenvalue weighted by atomic mass is 10.0. The number of benzene rings is 1. The predicted molar refractivity (Wildman–Crippen MR) is 77.2 cm³/mol. The van der Waals surface area contributed by atoms with Crippen molar-refractivity contribution in [3.8, 4) is 0 Å². The summed E-state index contributed by atoms with van der Waals surface area (Å²) >= 11 is 1.74. The average Bonchev–Trinajstić information content (AvgIpc) is 2.39. The molecule has 1 fully saturated rings. The molecule has 5 heteroatoms. The largest absolute Gasteiger partial charge is 0.396 e. The SMILES string of the molecule is O=C(CN1CC(CO)C1)NCCSc1ccccc1. The van der Waals surface area contributed by atoms with Crippen molar-refractivity contribution in [3.05, 3.63) is 30.3 Å². The zero-order chi connectivity index (χ0) is 13.5. The Bertz CT molecular complexity index is 394. The van der Waals surface area contributed by atoms with E-state index < -0.39 is 0 Å². The Hall–Kier alpha value is -1.04. The van der Waals surface area contributed by atoms with E-state index in [1.807, 2.05) is 18.2 Å². The third-order valence-corrected chi connectivity index (χ3v) is 4.11. The zero-order valence-electron chi connectivity index (χ0n) is 10.9. The van der Waals surface area contributed by atoms with Crippen LogP contribution in [0.15, 0.2) is 35.2 Å². The van der Waals surface area contributed by atoms with Crippen molar-refractivity contribution < 1.29 is 9.90 Å². The summed E-state index contributed by atoms with van der Waals surface area (Å²) in [5.41, 5.74) is 0. The number of rotatable bonds is 7. The van der Waals surface area contributed by atoms with Crippen molar-refractivity contribution >= 4 is 17.7 Å². The summed E-state index contributed by atoms with van der Waals surface area (Å²) in [5.74, 6) is 1.32. The zero-order valence-corrected chi connectivity index (χ0v) is 11.7. The summed E-state index contributed by atoms with van der Waals surface area (Å²) in [6.07, 6.45) is 0. The summed E-state index contributed by atoms with van der Waals surface area (Å²) in [6, 6.07) is 10.2. The number of carbonyl (C=O) groups excluding carboxylic acids is 1. The monoisotopic (exact) mass is 280 g/mol. The van der Waals surface area contributed by atoms with Gasteiger partial charge in [0.2, 0.25) is 5.91 Å². The lowest BCUT2D eigenvalue weighted by Gasteiger charge is -2.37. The highest BCUT2D eigenvalue weighted by Gasteiger charge is 2.26. The molecule has 0 unspecified atom stereocenters. The summed E-state index contributed by atoms with van der Waals surface area (Å²) in [4.78, 5) is 14.9. The van der Waals surface area contributed by atoms with Gasteiger partial charge in [0.15, 0.2) is 0 Å². The third kappa shape index (κ3) is 4.86. The molecule has 4 nitrogen and oxygen atoms in total. The summed E-state index contributed by atoms with van der Waals surface area (Å²) < 4.78 is 0. The van der Waals surface area contributed by atoms with Crippen LogP contribution in [0.1, 0.15) is 0 Å². The minimum atomic E-state index is 0.0741. The maximum atomic E-state index is 11.6. The molecule has 0 aliphatic carbocycles. The normalized spacial score (nSPS) is 16.1. The molecule has 2 rings (SSSR count). The van der Waals surface area contributed by atoms with E-state index >= 15 is 0 Å². The number of thioether (sulfide) groups is 1. The van der Waals surface area contributed by atoms with Crippen LogP contribution >= 0.6 is 11.8 Å². The number of hydrogen-bond acceptors (Lipinski definition) is 4. The van der Waals surface area contributed by atoms with Crippen LogP contribution in [0.5, 0.6) is 0 Å². The number of likely N-dealkylation sites (tertiary alicyclic amines) is 1. The molecule has 104 valence electrons. The molecule has 0 spiro atoms. The third-order valence-electron chi connectivity index (χ3n) is 3.09. The highest BCUT2D eigenvalue weighted by atomic mass is 32.2. The number of aliphatic hydroxyl groups excluding tert-OH is 1. The highest BCUT2D eigenvalue weighted by Crippen LogP contribution is 2.16. The van der Waals surface area contributed by atoms with Crippen LogP contribution in [0.25, 0.3) is 0 Å². The van der Waals surface area contributed by atoms with Crippen LogP contribution in [-0.4, -0.2) is 54.5 Å². The number of hydrogen-bond donors (Lipinski definition) is 2. The van der Waals surface area contributed by atoms with E-state index in [4.69, 9.17) is 5.11 Å². The van der Waals surface area contributed by atoms with E-state index in [0.717, 1.165) is 18.8 Å². The highest BCUT2D eigenvalue weighted by molar-refractivity contribution is 7.99. The van der Waals surface area contributed by atoms with Gasteiger partial charge in [0, 0.05) is 42.8 Å². The minimum Gasteiger partial charge on any atom is -0.396 e. The Labute approximate surface area is 118 Å². The van der Waals surface area contributed by atoms with Gasteiger partial charge in [-0.2, -0.15) is 0 Å². The first-order chi connectivity index (χ1) is 9.28. The number of nitrogens with zero attached hydrogens (tertiary/aromatic N) is 1. The Morgan fingerprint density at radius 2 is 2.11 bits per heavy atom. The van der Waals surface area contributed by atoms with Crippen LogP contribution in [0, 0.1) is 5.92 Å². The summed E-state index contributed by atoms with van der Waals surface area (Å²) in [6.45, 7) is 3.04. The predicted octanol–water partition coefficient (Wildman–Crippen LogP) is 0.819. The quantitative estimate of drug-likeness (QED) is 0.573. The topological polar surface area (TPSA) is 52.6 Å².